The Morgan fingerprint density at radius 3 is 2.60 bits per heavy atom. The number of phenolic OH excluding ortho intramolecular Hbond substituents is 1. The van der Waals surface area contributed by atoms with E-state index in [4.69, 9.17) is 10.5 Å². The van der Waals surface area contributed by atoms with Crippen LogP contribution in [0.15, 0.2) is 42.5 Å². The molecule has 0 aliphatic carbocycles. The van der Waals surface area contributed by atoms with E-state index in [0.717, 1.165) is 0 Å². The number of hydrogen-bond acceptors (Lipinski definition) is 4. The largest absolute Gasteiger partial charge is 0.508 e. The summed E-state index contributed by atoms with van der Waals surface area (Å²) < 4.78 is 5.05. The number of carbonyl (C=O) groups is 1. The molecule has 2 aromatic rings. The average molecular weight is 272 g/mol. The molecule has 0 saturated carbocycles. The third kappa shape index (κ3) is 2.66. The lowest BCUT2D eigenvalue weighted by Crippen LogP contribution is -2.26. The third-order valence-electron chi connectivity index (χ3n) is 3.01. The number of aromatic hydroxyl groups is 1. The van der Waals surface area contributed by atoms with Gasteiger partial charge in [-0.25, -0.2) is 0 Å². The number of hydrogen-bond donors (Lipinski definition) is 2. The molecule has 0 aliphatic heterocycles. The van der Waals surface area contributed by atoms with Crippen molar-refractivity contribution in [3.63, 3.8) is 0 Å². The van der Waals surface area contributed by atoms with E-state index in [1.54, 1.807) is 43.4 Å². The second-order valence-electron chi connectivity index (χ2n) is 4.34. The van der Waals surface area contributed by atoms with Crippen molar-refractivity contribution in [2.45, 2.75) is 0 Å². The Labute approximate surface area is 117 Å². The van der Waals surface area contributed by atoms with Crippen molar-refractivity contribution in [3.8, 4) is 11.5 Å². The van der Waals surface area contributed by atoms with Gasteiger partial charge in [-0.15, -0.1) is 0 Å². The zero-order valence-electron chi connectivity index (χ0n) is 11.3. The summed E-state index contributed by atoms with van der Waals surface area (Å²) in [4.78, 5) is 13.8. The predicted molar refractivity (Wildman–Crippen MR) is 78.2 cm³/mol. The Kier molecular flexibility index (Phi) is 3.79. The van der Waals surface area contributed by atoms with Gasteiger partial charge in [-0.3, -0.25) is 4.79 Å². The highest BCUT2D eigenvalue weighted by atomic mass is 16.5. The molecule has 20 heavy (non-hydrogen) atoms. The summed E-state index contributed by atoms with van der Waals surface area (Å²) in [5, 5.41) is 9.46. The van der Waals surface area contributed by atoms with Crippen molar-refractivity contribution in [2.24, 2.45) is 0 Å². The fraction of sp³-hybridized carbons (Fsp3) is 0.133. The van der Waals surface area contributed by atoms with Crippen LogP contribution in [0.1, 0.15) is 10.4 Å². The molecule has 0 saturated heterocycles. The lowest BCUT2D eigenvalue weighted by Gasteiger charge is -2.18. The van der Waals surface area contributed by atoms with E-state index in [1.807, 2.05) is 0 Å². The number of carbonyl (C=O) groups excluding carboxylic acids is 1. The molecule has 3 N–H and O–H groups in total. The fourth-order valence-corrected chi connectivity index (χ4v) is 1.86. The first-order valence-electron chi connectivity index (χ1n) is 6.03. The lowest BCUT2D eigenvalue weighted by molar-refractivity contribution is 0.0994. The van der Waals surface area contributed by atoms with Crippen LogP contribution in [-0.4, -0.2) is 25.2 Å². The maximum Gasteiger partial charge on any atom is 0.260 e. The summed E-state index contributed by atoms with van der Waals surface area (Å²) >= 11 is 0. The van der Waals surface area contributed by atoms with Crippen LogP contribution in [0.25, 0.3) is 0 Å². The quantitative estimate of drug-likeness (QED) is 0.840. The summed E-state index contributed by atoms with van der Waals surface area (Å²) in [7, 11) is 3.16. The van der Waals surface area contributed by atoms with E-state index in [-0.39, 0.29) is 11.7 Å². The van der Waals surface area contributed by atoms with Gasteiger partial charge in [0.05, 0.1) is 12.7 Å². The molecule has 0 aliphatic rings. The second kappa shape index (κ2) is 5.52. The zero-order chi connectivity index (χ0) is 14.7. The molecule has 0 fully saturated rings. The maximum atomic E-state index is 12.4. The highest BCUT2D eigenvalue weighted by Crippen LogP contribution is 2.24. The Hall–Kier alpha value is -2.69. The van der Waals surface area contributed by atoms with Crippen molar-refractivity contribution >= 4 is 17.3 Å². The number of phenols is 1. The van der Waals surface area contributed by atoms with Crippen LogP contribution in [0.4, 0.5) is 11.4 Å². The predicted octanol–water partition coefficient (Wildman–Crippen LogP) is 2.26. The highest BCUT2D eigenvalue weighted by Gasteiger charge is 2.16. The van der Waals surface area contributed by atoms with Gasteiger partial charge in [-0.1, -0.05) is 6.07 Å². The molecule has 0 heterocycles. The summed E-state index contributed by atoms with van der Waals surface area (Å²) in [6.07, 6.45) is 0. The van der Waals surface area contributed by atoms with Gasteiger partial charge in [0, 0.05) is 30.6 Å². The summed E-state index contributed by atoms with van der Waals surface area (Å²) in [6.45, 7) is 0. The first kappa shape index (κ1) is 13.7. The number of nitrogens with two attached hydrogens (primary N) is 1. The van der Waals surface area contributed by atoms with E-state index in [9.17, 15) is 9.90 Å². The monoisotopic (exact) mass is 272 g/mol. The Balaban J connectivity index is 2.31. The van der Waals surface area contributed by atoms with Gasteiger partial charge in [-0.05, 0) is 24.3 Å². The van der Waals surface area contributed by atoms with E-state index in [1.165, 1.54) is 18.1 Å². The van der Waals surface area contributed by atoms with Gasteiger partial charge in [0.15, 0.2) is 0 Å². The van der Waals surface area contributed by atoms with E-state index in [2.05, 4.69) is 0 Å². The Bertz CT molecular complexity index is 641. The second-order valence-corrected chi connectivity index (χ2v) is 4.34. The van der Waals surface area contributed by atoms with Gasteiger partial charge in [0.1, 0.15) is 11.5 Å². The molecule has 0 aromatic heterocycles. The number of nitrogen functional groups attached to an aromatic ring is 1. The van der Waals surface area contributed by atoms with Crippen molar-refractivity contribution in [3.05, 3.63) is 48.0 Å². The minimum Gasteiger partial charge on any atom is -0.508 e. The van der Waals surface area contributed by atoms with Crippen molar-refractivity contribution in [1.82, 2.24) is 0 Å². The number of methoxy groups -OCH3 is 1. The topological polar surface area (TPSA) is 75.8 Å². The van der Waals surface area contributed by atoms with Crippen molar-refractivity contribution in [1.29, 1.82) is 0 Å². The number of anilines is 2. The summed E-state index contributed by atoms with van der Waals surface area (Å²) in [5.41, 5.74) is 7.19. The normalized spacial score (nSPS) is 10.1. The minimum atomic E-state index is -0.254. The average Bonchev–Trinajstić information content (AvgIpc) is 2.45. The highest BCUT2D eigenvalue weighted by molar-refractivity contribution is 6.09. The van der Waals surface area contributed by atoms with Gasteiger partial charge in [-0.2, -0.15) is 0 Å². The molecule has 0 radical (unpaired) electrons. The maximum absolute atomic E-state index is 12.4. The SMILES string of the molecule is COc1ccc(C(=O)N(C)c2cccc(O)c2)c(N)c1. The summed E-state index contributed by atoms with van der Waals surface area (Å²) in [6, 6.07) is 11.4. The molecule has 2 rings (SSSR count). The lowest BCUT2D eigenvalue weighted by atomic mass is 10.1. The molecule has 2 aromatic carbocycles. The Morgan fingerprint density at radius 1 is 1.25 bits per heavy atom. The molecular weight excluding hydrogens is 256 g/mol. The molecule has 1 amide bonds. The minimum absolute atomic E-state index is 0.102. The van der Waals surface area contributed by atoms with Crippen LogP contribution < -0.4 is 15.4 Å². The molecule has 5 nitrogen and oxygen atoms in total. The van der Waals surface area contributed by atoms with Gasteiger partial charge < -0.3 is 20.5 Å². The molecule has 5 heteroatoms. The standard InChI is InChI=1S/C15H16N2O3/c1-17(10-4-3-5-11(18)8-10)15(19)13-7-6-12(20-2)9-14(13)16/h3-9,18H,16H2,1-2H3. The molecular formula is C15H16N2O3. The smallest absolute Gasteiger partial charge is 0.260 e. The van der Waals surface area contributed by atoms with Crippen LogP contribution >= 0.6 is 0 Å². The fourth-order valence-electron chi connectivity index (χ4n) is 1.86. The van der Waals surface area contributed by atoms with E-state index < -0.39 is 0 Å². The number of rotatable bonds is 3. The Morgan fingerprint density at radius 2 is 2.00 bits per heavy atom. The van der Waals surface area contributed by atoms with E-state index >= 15 is 0 Å². The first-order chi connectivity index (χ1) is 9.52. The number of ether oxygens (including phenoxy) is 1. The van der Waals surface area contributed by atoms with Gasteiger partial charge in [0.25, 0.3) is 5.91 Å². The van der Waals surface area contributed by atoms with Crippen LogP contribution in [0.2, 0.25) is 0 Å². The zero-order valence-corrected chi connectivity index (χ0v) is 11.3. The number of benzene rings is 2. The third-order valence-corrected chi connectivity index (χ3v) is 3.01. The molecule has 0 bridgehead atoms. The van der Waals surface area contributed by atoms with E-state index in [0.29, 0.717) is 22.7 Å². The summed E-state index contributed by atoms with van der Waals surface area (Å²) in [5.74, 6) is 0.444. The number of nitrogens with zero attached hydrogens (tertiary/aromatic N) is 1. The molecule has 104 valence electrons. The molecule has 0 spiro atoms. The first-order valence-corrected chi connectivity index (χ1v) is 6.03. The molecule has 0 atom stereocenters. The van der Waals surface area contributed by atoms with Gasteiger partial charge >= 0.3 is 0 Å². The molecule has 0 unspecified atom stereocenters. The van der Waals surface area contributed by atoms with Crippen LogP contribution in [-0.2, 0) is 0 Å². The number of amides is 1. The van der Waals surface area contributed by atoms with Gasteiger partial charge in [0.2, 0.25) is 0 Å². The van der Waals surface area contributed by atoms with Crippen molar-refractivity contribution in [2.75, 3.05) is 24.8 Å². The van der Waals surface area contributed by atoms with Crippen LogP contribution in [0.3, 0.4) is 0 Å². The van der Waals surface area contributed by atoms with Crippen molar-refractivity contribution < 1.29 is 14.6 Å². The van der Waals surface area contributed by atoms with Crippen LogP contribution in [0.5, 0.6) is 11.5 Å². The van der Waals surface area contributed by atoms with Crippen LogP contribution in [0, 0.1) is 0 Å².